The molecule has 0 unspecified atom stereocenters. The van der Waals surface area contributed by atoms with Crippen molar-refractivity contribution in [3.63, 3.8) is 0 Å². The summed E-state index contributed by atoms with van der Waals surface area (Å²) in [6.07, 6.45) is 0. The van der Waals surface area contributed by atoms with Crippen molar-refractivity contribution < 1.29 is 14.6 Å². The number of carbonyl (C=O) groups excluding carboxylic acids is 1. The van der Waals surface area contributed by atoms with Crippen LogP contribution in [0.25, 0.3) is 0 Å². The molecule has 144 valence electrons. The Morgan fingerprint density at radius 2 is 1.96 bits per heavy atom. The predicted molar refractivity (Wildman–Crippen MR) is 107 cm³/mol. The van der Waals surface area contributed by atoms with Crippen molar-refractivity contribution in [1.82, 2.24) is 15.5 Å². The monoisotopic (exact) mass is 378 g/mol. The van der Waals surface area contributed by atoms with Crippen molar-refractivity contribution in [3.05, 3.63) is 71.4 Å². The molecular formula is C21H22N4O3. The largest absolute Gasteiger partial charge is 0.504 e. The summed E-state index contributed by atoms with van der Waals surface area (Å²) in [4.78, 5) is 12.5. The molecule has 0 saturated carbocycles. The number of phenolic OH excluding ortho intramolecular Hbond substituents is 1. The first kappa shape index (κ1) is 19.2. The van der Waals surface area contributed by atoms with E-state index in [1.807, 2.05) is 32.0 Å². The summed E-state index contributed by atoms with van der Waals surface area (Å²) in [6.45, 7) is 4.49. The third-order valence-corrected chi connectivity index (χ3v) is 3.97. The molecule has 0 aliphatic rings. The maximum absolute atomic E-state index is 12.5. The molecule has 3 aromatic rings. The minimum atomic E-state index is -0.204. The molecule has 28 heavy (non-hydrogen) atoms. The molecule has 3 N–H and O–H groups in total. The van der Waals surface area contributed by atoms with Crippen LogP contribution >= 0.6 is 0 Å². The van der Waals surface area contributed by atoms with Gasteiger partial charge in [-0.2, -0.15) is 5.10 Å². The van der Waals surface area contributed by atoms with Gasteiger partial charge in [-0.05, 0) is 61.9 Å². The summed E-state index contributed by atoms with van der Waals surface area (Å²) >= 11 is 0. The van der Waals surface area contributed by atoms with Crippen LogP contribution in [0, 0.1) is 6.92 Å². The normalized spacial score (nSPS) is 10.4. The second-order valence-electron chi connectivity index (χ2n) is 6.18. The van der Waals surface area contributed by atoms with Gasteiger partial charge in [0.05, 0.1) is 12.3 Å². The van der Waals surface area contributed by atoms with E-state index in [0.717, 1.165) is 16.9 Å². The summed E-state index contributed by atoms with van der Waals surface area (Å²) in [6, 6.07) is 15.8. The average Bonchev–Trinajstić information content (AvgIpc) is 2.70. The summed E-state index contributed by atoms with van der Waals surface area (Å²) in [5.74, 6) is 0.884. The lowest BCUT2D eigenvalue weighted by atomic mass is 10.1. The smallest absolute Gasteiger partial charge is 0.251 e. The Kier molecular flexibility index (Phi) is 6.06. The molecule has 7 heteroatoms. The molecule has 3 rings (SSSR count). The maximum Gasteiger partial charge on any atom is 0.251 e. The number of rotatable bonds is 7. The number of nitrogens with one attached hydrogen (secondary N) is 2. The molecule has 0 aliphatic heterocycles. The van der Waals surface area contributed by atoms with Crippen LogP contribution in [0.5, 0.6) is 11.5 Å². The Morgan fingerprint density at radius 3 is 2.71 bits per heavy atom. The van der Waals surface area contributed by atoms with E-state index in [0.29, 0.717) is 30.3 Å². The lowest BCUT2D eigenvalue weighted by Crippen LogP contribution is -2.22. The van der Waals surface area contributed by atoms with Gasteiger partial charge in [-0.1, -0.05) is 12.1 Å². The highest BCUT2D eigenvalue weighted by atomic mass is 16.5. The molecule has 0 saturated heterocycles. The lowest BCUT2D eigenvalue weighted by molar-refractivity contribution is 0.0951. The highest BCUT2D eigenvalue weighted by molar-refractivity contribution is 5.95. The molecule has 7 nitrogen and oxygen atoms in total. The van der Waals surface area contributed by atoms with Crippen LogP contribution in [-0.2, 0) is 6.54 Å². The predicted octanol–water partition coefficient (Wildman–Crippen LogP) is 3.56. The Morgan fingerprint density at radius 1 is 1.11 bits per heavy atom. The molecule has 1 amide bonds. The zero-order valence-electron chi connectivity index (χ0n) is 15.8. The maximum atomic E-state index is 12.5. The third kappa shape index (κ3) is 4.97. The first-order valence-corrected chi connectivity index (χ1v) is 8.95. The van der Waals surface area contributed by atoms with Gasteiger partial charge in [0.15, 0.2) is 17.3 Å². The minimum absolute atomic E-state index is 0.0786. The average molecular weight is 378 g/mol. The highest BCUT2D eigenvalue weighted by Crippen LogP contribution is 2.26. The molecule has 2 aromatic carbocycles. The van der Waals surface area contributed by atoms with Gasteiger partial charge in [0.25, 0.3) is 5.91 Å². The first-order chi connectivity index (χ1) is 13.5. The first-order valence-electron chi connectivity index (χ1n) is 8.95. The molecule has 0 bridgehead atoms. The van der Waals surface area contributed by atoms with Crippen LogP contribution in [0.1, 0.15) is 28.5 Å². The molecule has 1 aromatic heterocycles. The Labute approximate surface area is 163 Å². The second-order valence-corrected chi connectivity index (χ2v) is 6.18. The fourth-order valence-corrected chi connectivity index (χ4v) is 2.58. The minimum Gasteiger partial charge on any atom is -0.504 e. The van der Waals surface area contributed by atoms with E-state index in [-0.39, 0.29) is 11.7 Å². The zero-order valence-corrected chi connectivity index (χ0v) is 15.8. The lowest BCUT2D eigenvalue weighted by Gasteiger charge is -2.10. The van der Waals surface area contributed by atoms with Crippen molar-refractivity contribution in [2.45, 2.75) is 20.4 Å². The summed E-state index contributed by atoms with van der Waals surface area (Å²) in [5.41, 5.74) is 2.93. The Bertz CT molecular complexity index is 958. The number of ether oxygens (including phenoxy) is 1. The van der Waals surface area contributed by atoms with Gasteiger partial charge in [0.2, 0.25) is 0 Å². The van der Waals surface area contributed by atoms with E-state index in [9.17, 15) is 9.90 Å². The Hall–Kier alpha value is -3.61. The van der Waals surface area contributed by atoms with Crippen molar-refractivity contribution in [2.24, 2.45) is 0 Å². The summed E-state index contributed by atoms with van der Waals surface area (Å²) in [7, 11) is 0. The number of aromatic nitrogens is 2. The topological polar surface area (TPSA) is 96.4 Å². The fourth-order valence-electron chi connectivity index (χ4n) is 2.58. The number of carbonyl (C=O) groups is 1. The molecule has 0 spiro atoms. The number of aryl methyl sites for hydroxylation is 1. The van der Waals surface area contributed by atoms with E-state index in [1.54, 1.807) is 36.4 Å². The SMILES string of the molecule is CCOc1cc(CNC(=O)c2cccc(Nc3ccc(C)nn3)c2)ccc1O. The number of benzene rings is 2. The van der Waals surface area contributed by atoms with Crippen LogP contribution in [0.15, 0.2) is 54.6 Å². The summed E-state index contributed by atoms with van der Waals surface area (Å²) < 4.78 is 5.37. The fraction of sp³-hybridized carbons (Fsp3) is 0.190. The van der Waals surface area contributed by atoms with Crippen LogP contribution in [0.4, 0.5) is 11.5 Å². The molecule has 0 radical (unpaired) electrons. The van der Waals surface area contributed by atoms with Gasteiger partial charge in [-0.15, -0.1) is 5.10 Å². The zero-order chi connectivity index (χ0) is 19.9. The molecular weight excluding hydrogens is 356 g/mol. The molecule has 0 fully saturated rings. The van der Waals surface area contributed by atoms with Crippen LogP contribution in [0.2, 0.25) is 0 Å². The number of anilines is 2. The highest BCUT2D eigenvalue weighted by Gasteiger charge is 2.08. The van der Waals surface area contributed by atoms with Crippen molar-refractivity contribution in [3.8, 4) is 11.5 Å². The number of hydrogen-bond donors (Lipinski definition) is 3. The number of phenols is 1. The van der Waals surface area contributed by atoms with Gasteiger partial charge < -0.3 is 20.5 Å². The van der Waals surface area contributed by atoms with Crippen LogP contribution in [-0.4, -0.2) is 27.8 Å². The molecule has 1 heterocycles. The van der Waals surface area contributed by atoms with Gasteiger partial charge in [-0.3, -0.25) is 4.79 Å². The van der Waals surface area contributed by atoms with E-state index < -0.39 is 0 Å². The molecule has 0 aliphatic carbocycles. The van der Waals surface area contributed by atoms with Crippen LogP contribution in [0.3, 0.4) is 0 Å². The van der Waals surface area contributed by atoms with E-state index in [4.69, 9.17) is 4.74 Å². The standard InChI is InChI=1S/C21H22N4O3/c1-3-28-19-11-15(8-9-18(19)26)13-22-21(27)16-5-4-6-17(12-16)23-20-10-7-14(2)24-25-20/h4-12,26H,3,13H2,1-2H3,(H,22,27)(H,23,25). The quantitative estimate of drug-likeness (QED) is 0.582. The summed E-state index contributed by atoms with van der Waals surface area (Å²) in [5, 5.41) is 23.8. The van der Waals surface area contributed by atoms with Crippen molar-refractivity contribution in [1.29, 1.82) is 0 Å². The van der Waals surface area contributed by atoms with E-state index in [1.165, 1.54) is 0 Å². The van der Waals surface area contributed by atoms with Gasteiger partial charge in [0, 0.05) is 17.8 Å². The van der Waals surface area contributed by atoms with Crippen molar-refractivity contribution >= 4 is 17.4 Å². The van der Waals surface area contributed by atoms with Crippen molar-refractivity contribution in [2.75, 3.05) is 11.9 Å². The van der Waals surface area contributed by atoms with Gasteiger partial charge in [-0.25, -0.2) is 0 Å². The number of aromatic hydroxyl groups is 1. The van der Waals surface area contributed by atoms with Gasteiger partial charge in [0.1, 0.15) is 0 Å². The van der Waals surface area contributed by atoms with E-state index in [2.05, 4.69) is 20.8 Å². The van der Waals surface area contributed by atoms with Gasteiger partial charge >= 0.3 is 0 Å². The number of amides is 1. The molecule has 0 atom stereocenters. The second kappa shape index (κ2) is 8.85. The number of hydrogen-bond acceptors (Lipinski definition) is 6. The van der Waals surface area contributed by atoms with E-state index >= 15 is 0 Å². The third-order valence-electron chi connectivity index (χ3n) is 3.97. The van der Waals surface area contributed by atoms with Crippen LogP contribution < -0.4 is 15.4 Å². The Balaban J connectivity index is 1.64. The number of nitrogens with zero attached hydrogens (tertiary/aromatic N) is 2.